The highest BCUT2D eigenvalue weighted by Crippen LogP contribution is 2.16. The molecule has 0 aliphatic carbocycles. The second-order valence-electron chi connectivity index (χ2n) is 6.13. The Balaban J connectivity index is 1.53. The van der Waals surface area contributed by atoms with Crippen molar-refractivity contribution in [1.82, 2.24) is 14.9 Å². The Bertz CT molecular complexity index is 666. The fraction of sp³-hybridized carbons (Fsp3) is 0.500. The van der Waals surface area contributed by atoms with Crippen molar-refractivity contribution in [2.45, 2.75) is 26.2 Å². The molecule has 1 aliphatic heterocycles. The molecule has 3 rings (SSSR count). The summed E-state index contributed by atoms with van der Waals surface area (Å²) in [6, 6.07) is 5.36. The first-order valence-electron chi connectivity index (χ1n) is 8.92. The molecule has 0 aromatic carbocycles. The van der Waals surface area contributed by atoms with Gasteiger partial charge >= 0.3 is 0 Å². The quantitative estimate of drug-likeness (QED) is 0.779. The minimum Gasteiger partial charge on any atom is -0.459 e. The first kappa shape index (κ1) is 17.3. The van der Waals surface area contributed by atoms with Gasteiger partial charge in [0.1, 0.15) is 5.82 Å². The third kappa shape index (κ3) is 4.49. The highest BCUT2D eigenvalue weighted by Gasteiger charge is 2.24. The largest absolute Gasteiger partial charge is 0.459 e. The van der Waals surface area contributed by atoms with Crippen LogP contribution >= 0.6 is 0 Å². The smallest absolute Gasteiger partial charge is 0.289 e. The molecule has 1 amide bonds. The van der Waals surface area contributed by atoms with Gasteiger partial charge in [-0.3, -0.25) is 4.79 Å². The molecule has 0 atom stereocenters. The van der Waals surface area contributed by atoms with E-state index >= 15 is 0 Å². The SMILES string of the molecule is CCCCCNc1nccc(N2CCN(C(=O)c3ccco3)CC2)n1. The lowest BCUT2D eigenvalue weighted by Crippen LogP contribution is -2.49. The predicted octanol–water partition coefficient (Wildman–Crippen LogP) is 2.63. The van der Waals surface area contributed by atoms with Crippen LogP contribution in [0.15, 0.2) is 35.1 Å². The summed E-state index contributed by atoms with van der Waals surface area (Å²) in [6.07, 6.45) is 6.84. The summed E-state index contributed by atoms with van der Waals surface area (Å²) in [5.41, 5.74) is 0. The molecule has 134 valence electrons. The maximum absolute atomic E-state index is 12.3. The lowest BCUT2D eigenvalue weighted by molar-refractivity contribution is 0.0714. The number of hydrogen-bond donors (Lipinski definition) is 1. The predicted molar refractivity (Wildman–Crippen MR) is 96.9 cm³/mol. The Labute approximate surface area is 148 Å². The standard InChI is InChI=1S/C18H25N5O2/c1-2-3-4-8-19-18-20-9-7-16(21-18)22-10-12-23(13-11-22)17(24)15-6-5-14-25-15/h5-7,9,14H,2-4,8,10-13H2,1H3,(H,19,20,21). The Morgan fingerprint density at radius 1 is 1.24 bits per heavy atom. The van der Waals surface area contributed by atoms with Crippen LogP contribution in [0.2, 0.25) is 0 Å². The molecular weight excluding hydrogens is 318 g/mol. The molecule has 2 aromatic heterocycles. The summed E-state index contributed by atoms with van der Waals surface area (Å²) in [5.74, 6) is 1.92. The Hall–Kier alpha value is -2.57. The van der Waals surface area contributed by atoms with Crippen LogP contribution in [0.4, 0.5) is 11.8 Å². The summed E-state index contributed by atoms with van der Waals surface area (Å²) >= 11 is 0. The fourth-order valence-electron chi connectivity index (χ4n) is 2.88. The minimum atomic E-state index is -0.0504. The Morgan fingerprint density at radius 2 is 2.08 bits per heavy atom. The van der Waals surface area contributed by atoms with E-state index in [1.165, 1.54) is 19.1 Å². The number of rotatable bonds is 7. The number of nitrogens with zero attached hydrogens (tertiary/aromatic N) is 4. The molecule has 1 saturated heterocycles. The van der Waals surface area contributed by atoms with Crippen LogP contribution in [0.3, 0.4) is 0 Å². The lowest BCUT2D eigenvalue weighted by atomic mass is 10.2. The monoisotopic (exact) mass is 343 g/mol. The number of anilines is 2. The summed E-state index contributed by atoms with van der Waals surface area (Å²) in [6.45, 7) is 5.89. The van der Waals surface area contributed by atoms with Crippen molar-refractivity contribution in [3.05, 3.63) is 36.4 Å². The Morgan fingerprint density at radius 3 is 2.80 bits per heavy atom. The number of carbonyl (C=O) groups is 1. The molecule has 0 bridgehead atoms. The molecule has 0 unspecified atom stereocenters. The molecular formula is C18H25N5O2. The zero-order valence-corrected chi connectivity index (χ0v) is 14.6. The molecule has 25 heavy (non-hydrogen) atoms. The van der Waals surface area contributed by atoms with Crippen molar-refractivity contribution >= 4 is 17.7 Å². The second kappa shape index (κ2) is 8.50. The number of unbranched alkanes of at least 4 members (excludes halogenated alkanes) is 2. The van der Waals surface area contributed by atoms with Crippen molar-refractivity contribution in [3.63, 3.8) is 0 Å². The van der Waals surface area contributed by atoms with Gasteiger partial charge in [0.2, 0.25) is 5.95 Å². The van der Waals surface area contributed by atoms with Crippen molar-refractivity contribution in [2.75, 3.05) is 42.9 Å². The van der Waals surface area contributed by atoms with Crippen LogP contribution in [-0.2, 0) is 0 Å². The van der Waals surface area contributed by atoms with Crippen LogP contribution < -0.4 is 10.2 Å². The highest BCUT2D eigenvalue weighted by molar-refractivity contribution is 5.91. The number of aromatic nitrogens is 2. The van der Waals surface area contributed by atoms with Gasteiger partial charge in [-0.2, -0.15) is 4.98 Å². The van der Waals surface area contributed by atoms with E-state index in [9.17, 15) is 4.79 Å². The van der Waals surface area contributed by atoms with Crippen LogP contribution in [0.1, 0.15) is 36.7 Å². The van der Waals surface area contributed by atoms with Crippen molar-refractivity contribution in [2.24, 2.45) is 0 Å². The van der Waals surface area contributed by atoms with Gasteiger partial charge in [-0.05, 0) is 24.6 Å². The molecule has 7 nitrogen and oxygen atoms in total. The first-order chi connectivity index (χ1) is 12.3. The van der Waals surface area contributed by atoms with Gasteiger partial charge in [-0.1, -0.05) is 19.8 Å². The van der Waals surface area contributed by atoms with Crippen LogP contribution in [-0.4, -0.2) is 53.5 Å². The van der Waals surface area contributed by atoms with E-state index in [4.69, 9.17) is 4.42 Å². The zero-order chi connectivity index (χ0) is 17.5. The van der Waals surface area contributed by atoms with Crippen molar-refractivity contribution in [3.8, 4) is 0 Å². The molecule has 0 saturated carbocycles. The summed E-state index contributed by atoms with van der Waals surface area (Å²) in [5, 5.41) is 3.28. The average Bonchev–Trinajstić information content (AvgIpc) is 3.20. The van der Waals surface area contributed by atoms with Gasteiger partial charge in [0.25, 0.3) is 5.91 Å². The first-order valence-corrected chi connectivity index (χ1v) is 8.92. The Kier molecular flexibility index (Phi) is 5.87. The second-order valence-corrected chi connectivity index (χ2v) is 6.13. The highest BCUT2D eigenvalue weighted by atomic mass is 16.3. The van der Waals surface area contributed by atoms with E-state index in [1.54, 1.807) is 18.3 Å². The number of piperazine rings is 1. The number of nitrogens with one attached hydrogen (secondary N) is 1. The molecule has 7 heteroatoms. The molecule has 1 fully saturated rings. The minimum absolute atomic E-state index is 0.0504. The van der Waals surface area contributed by atoms with E-state index in [1.807, 2.05) is 11.0 Å². The van der Waals surface area contributed by atoms with Gasteiger partial charge in [-0.25, -0.2) is 4.98 Å². The van der Waals surface area contributed by atoms with Crippen molar-refractivity contribution < 1.29 is 9.21 Å². The normalized spacial score (nSPS) is 14.6. The van der Waals surface area contributed by atoms with Crippen molar-refractivity contribution in [1.29, 1.82) is 0 Å². The molecule has 0 radical (unpaired) electrons. The maximum Gasteiger partial charge on any atom is 0.289 e. The lowest BCUT2D eigenvalue weighted by Gasteiger charge is -2.35. The number of furan rings is 1. The van der Waals surface area contributed by atoms with E-state index in [-0.39, 0.29) is 5.91 Å². The summed E-state index contributed by atoms with van der Waals surface area (Å²) in [4.78, 5) is 25.2. The molecule has 1 aliphatic rings. The van der Waals surface area contributed by atoms with E-state index in [0.29, 0.717) is 24.8 Å². The number of hydrogen-bond acceptors (Lipinski definition) is 6. The van der Waals surface area contributed by atoms with Crippen LogP contribution in [0, 0.1) is 0 Å². The average molecular weight is 343 g/mol. The van der Waals surface area contributed by atoms with Gasteiger partial charge in [0.05, 0.1) is 6.26 Å². The van der Waals surface area contributed by atoms with E-state index < -0.39 is 0 Å². The van der Waals surface area contributed by atoms with Gasteiger partial charge in [0.15, 0.2) is 5.76 Å². The number of amides is 1. The third-order valence-electron chi connectivity index (χ3n) is 4.33. The van der Waals surface area contributed by atoms with Gasteiger partial charge in [0, 0.05) is 38.9 Å². The van der Waals surface area contributed by atoms with Crippen LogP contribution in [0.5, 0.6) is 0 Å². The molecule has 0 spiro atoms. The van der Waals surface area contributed by atoms with Gasteiger partial charge in [-0.15, -0.1) is 0 Å². The summed E-state index contributed by atoms with van der Waals surface area (Å²) in [7, 11) is 0. The molecule has 2 aromatic rings. The van der Waals surface area contributed by atoms with Crippen LogP contribution in [0.25, 0.3) is 0 Å². The molecule has 1 N–H and O–H groups in total. The number of carbonyl (C=O) groups excluding carboxylic acids is 1. The maximum atomic E-state index is 12.3. The van der Waals surface area contributed by atoms with E-state index in [2.05, 4.69) is 27.1 Å². The third-order valence-corrected chi connectivity index (χ3v) is 4.33. The topological polar surface area (TPSA) is 74.5 Å². The fourth-order valence-corrected chi connectivity index (χ4v) is 2.88. The van der Waals surface area contributed by atoms with Gasteiger partial charge < -0.3 is 19.5 Å². The molecule has 3 heterocycles. The summed E-state index contributed by atoms with van der Waals surface area (Å²) < 4.78 is 5.20. The zero-order valence-electron chi connectivity index (χ0n) is 14.6. The van der Waals surface area contributed by atoms with E-state index in [0.717, 1.165) is 31.9 Å².